The average Bonchev–Trinajstić information content (AvgIpc) is 2.85. The maximum absolute atomic E-state index is 11.7. The van der Waals surface area contributed by atoms with Crippen molar-refractivity contribution in [3.05, 3.63) is 22.9 Å². The third kappa shape index (κ3) is 3.36. The molecule has 0 aliphatic carbocycles. The SMILES string of the molecule is O=C1CC(=O)/C(=C/c2ccnc(N3CCC(CO)CC3)n2)S1. The summed E-state index contributed by atoms with van der Waals surface area (Å²) >= 11 is 0.984. The summed E-state index contributed by atoms with van der Waals surface area (Å²) in [6.07, 6.45) is 5.15. The van der Waals surface area contributed by atoms with Crippen LogP contribution >= 0.6 is 11.8 Å². The van der Waals surface area contributed by atoms with Gasteiger partial charge in [0.05, 0.1) is 17.0 Å². The van der Waals surface area contributed by atoms with Crippen molar-refractivity contribution in [3.63, 3.8) is 0 Å². The first-order chi connectivity index (χ1) is 10.7. The van der Waals surface area contributed by atoms with Crippen molar-refractivity contribution in [3.8, 4) is 0 Å². The zero-order valence-electron chi connectivity index (χ0n) is 12.1. The second-order valence-electron chi connectivity index (χ2n) is 5.48. The molecule has 2 saturated heterocycles. The number of carbonyl (C=O) groups is 2. The molecule has 1 aromatic heterocycles. The number of nitrogens with zero attached hydrogens (tertiary/aromatic N) is 3. The van der Waals surface area contributed by atoms with E-state index < -0.39 is 0 Å². The van der Waals surface area contributed by atoms with Gasteiger partial charge in [-0.05, 0) is 42.7 Å². The normalized spacial score (nSPS) is 21.9. The molecular weight excluding hydrogens is 302 g/mol. The third-order valence-corrected chi connectivity index (χ3v) is 4.84. The van der Waals surface area contributed by atoms with Gasteiger partial charge < -0.3 is 10.0 Å². The van der Waals surface area contributed by atoms with Crippen LogP contribution in [0.15, 0.2) is 17.2 Å². The fourth-order valence-corrected chi connectivity index (χ4v) is 3.40. The van der Waals surface area contributed by atoms with Crippen molar-refractivity contribution < 1.29 is 14.7 Å². The molecule has 2 aliphatic rings. The number of anilines is 1. The molecule has 0 radical (unpaired) electrons. The first kappa shape index (κ1) is 15.2. The Kier molecular flexibility index (Phi) is 4.54. The third-order valence-electron chi connectivity index (χ3n) is 3.90. The number of Topliss-reactive ketones (excluding diaryl/α,β-unsaturated/α-hetero) is 1. The van der Waals surface area contributed by atoms with Crippen molar-refractivity contribution >= 4 is 34.7 Å². The van der Waals surface area contributed by atoms with E-state index in [2.05, 4.69) is 14.9 Å². The summed E-state index contributed by atoms with van der Waals surface area (Å²) in [5.74, 6) is 0.853. The van der Waals surface area contributed by atoms with E-state index in [4.69, 9.17) is 0 Å². The first-order valence-electron chi connectivity index (χ1n) is 7.30. The number of aliphatic hydroxyl groups excluding tert-OH is 1. The number of hydrogen-bond donors (Lipinski definition) is 1. The highest BCUT2D eigenvalue weighted by atomic mass is 32.2. The summed E-state index contributed by atoms with van der Waals surface area (Å²) in [5, 5.41) is 9.06. The van der Waals surface area contributed by atoms with Gasteiger partial charge in [0.25, 0.3) is 0 Å². The molecule has 2 fully saturated rings. The van der Waals surface area contributed by atoms with E-state index in [1.54, 1.807) is 18.3 Å². The summed E-state index contributed by atoms with van der Waals surface area (Å²) < 4.78 is 0. The minimum absolute atomic E-state index is 0.0247. The summed E-state index contributed by atoms with van der Waals surface area (Å²) in [7, 11) is 0. The Morgan fingerprint density at radius 1 is 1.36 bits per heavy atom. The predicted octanol–water partition coefficient (Wildman–Crippen LogP) is 1.26. The van der Waals surface area contributed by atoms with Crippen LogP contribution in [-0.4, -0.2) is 45.7 Å². The maximum atomic E-state index is 11.7. The lowest BCUT2D eigenvalue weighted by Crippen LogP contribution is -2.35. The number of hydrogen-bond acceptors (Lipinski definition) is 7. The molecule has 6 nitrogen and oxygen atoms in total. The van der Waals surface area contributed by atoms with E-state index in [9.17, 15) is 14.7 Å². The lowest BCUT2D eigenvalue weighted by atomic mass is 9.98. The van der Waals surface area contributed by atoms with Crippen LogP contribution in [0.25, 0.3) is 6.08 Å². The van der Waals surface area contributed by atoms with Crippen LogP contribution in [0.2, 0.25) is 0 Å². The second-order valence-corrected chi connectivity index (χ2v) is 6.58. The van der Waals surface area contributed by atoms with Crippen LogP contribution in [0.5, 0.6) is 0 Å². The molecule has 0 amide bonds. The van der Waals surface area contributed by atoms with Gasteiger partial charge in [-0.1, -0.05) is 0 Å². The molecule has 1 aromatic rings. The Bertz CT molecular complexity index is 624. The van der Waals surface area contributed by atoms with Crippen LogP contribution in [0, 0.1) is 5.92 Å². The summed E-state index contributed by atoms with van der Waals surface area (Å²) in [5.41, 5.74) is 0.639. The molecule has 1 N–H and O–H groups in total. The molecule has 7 heteroatoms. The molecule has 2 aliphatic heterocycles. The summed E-state index contributed by atoms with van der Waals surface area (Å²) in [6, 6.07) is 1.73. The molecule has 0 unspecified atom stereocenters. The second kappa shape index (κ2) is 6.58. The largest absolute Gasteiger partial charge is 0.396 e. The van der Waals surface area contributed by atoms with Crippen molar-refractivity contribution in [2.24, 2.45) is 5.92 Å². The van der Waals surface area contributed by atoms with E-state index in [-0.39, 0.29) is 23.9 Å². The van der Waals surface area contributed by atoms with Gasteiger partial charge in [-0.2, -0.15) is 0 Å². The van der Waals surface area contributed by atoms with Crippen molar-refractivity contribution in [1.82, 2.24) is 9.97 Å². The van der Waals surface area contributed by atoms with Crippen molar-refractivity contribution in [1.29, 1.82) is 0 Å². The van der Waals surface area contributed by atoms with Crippen LogP contribution in [0.1, 0.15) is 25.0 Å². The molecular formula is C15H17N3O3S. The average molecular weight is 319 g/mol. The highest BCUT2D eigenvalue weighted by molar-refractivity contribution is 8.18. The lowest BCUT2D eigenvalue weighted by Gasteiger charge is -2.31. The first-order valence-corrected chi connectivity index (χ1v) is 8.12. The Morgan fingerprint density at radius 3 is 2.77 bits per heavy atom. The number of aliphatic hydroxyl groups is 1. The van der Waals surface area contributed by atoms with E-state index in [0.717, 1.165) is 37.7 Å². The summed E-state index contributed by atoms with van der Waals surface area (Å²) in [6.45, 7) is 1.86. The fraction of sp³-hybridized carbons (Fsp3) is 0.467. The Hall–Kier alpha value is -1.73. The topological polar surface area (TPSA) is 83.4 Å². The van der Waals surface area contributed by atoms with Gasteiger partial charge in [0.1, 0.15) is 0 Å². The minimum Gasteiger partial charge on any atom is -0.396 e. The van der Waals surface area contributed by atoms with E-state index >= 15 is 0 Å². The molecule has 0 aromatic carbocycles. The minimum atomic E-state index is -0.140. The van der Waals surface area contributed by atoms with Crippen LogP contribution in [0.4, 0.5) is 5.95 Å². The molecule has 0 spiro atoms. The summed E-state index contributed by atoms with van der Waals surface area (Å²) in [4.78, 5) is 34.2. The van der Waals surface area contributed by atoms with Gasteiger partial charge >= 0.3 is 0 Å². The number of allylic oxidation sites excluding steroid dienone is 1. The lowest BCUT2D eigenvalue weighted by molar-refractivity contribution is -0.119. The van der Waals surface area contributed by atoms with Gasteiger partial charge in [0.2, 0.25) is 11.1 Å². The van der Waals surface area contributed by atoms with Gasteiger partial charge in [-0.3, -0.25) is 9.59 Å². The molecule has 116 valence electrons. The number of aromatic nitrogens is 2. The molecule has 3 rings (SSSR count). The monoisotopic (exact) mass is 319 g/mol. The number of thioether (sulfide) groups is 1. The van der Waals surface area contributed by atoms with Crippen molar-refractivity contribution in [2.45, 2.75) is 19.3 Å². The Morgan fingerprint density at radius 2 is 2.14 bits per heavy atom. The molecule has 22 heavy (non-hydrogen) atoms. The molecule has 3 heterocycles. The number of rotatable bonds is 3. The predicted molar refractivity (Wildman–Crippen MR) is 84.3 cm³/mol. The van der Waals surface area contributed by atoms with Gasteiger partial charge in [-0.15, -0.1) is 0 Å². The Labute approximate surface area is 132 Å². The number of carbonyl (C=O) groups excluding carboxylic acids is 2. The standard InChI is InChI=1S/C15H17N3O3S/c19-9-10-2-5-18(6-3-10)15-16-4-1-11(17-15)7-13-12(20)8-14(21)22-13/h1,4,7,10,19H,2-3,5-6,8-9H2/b13-7-. The van der Waals surface area contributed by atoms with Crippen molar-refractivity contribution in [2.75, 3.05) is 24.6 Å². The number of ketones is 1. The van der Waals surface area contributed by atoms with Crippen LogP contribution in [-0.2, 0) is 9.59 Å². The molecule has 0 atom stereocenters. The maximum Gasteiger partial charge on any atom is 0.225 e. The molecule has 0 bridgehead atoms. The fourth-order valence-electron chi connectivity index (χ4n) is 2.59. The van der Waals surface area contributed by atoms with E-state index in [1.807, 2.05) is 0 Å². The highest BCUT2D eigenvalue weighted by Gasteiger charge is 2.26. The van der Waals surface area contributed by atoms with E-state index in [1.165, 1.54) is 0 Å². The van der Waals surface area contributed by atoms with E-state index in [0.29, 0.717) is 22.5 Å². The highest BCUT2D eigenvalue weighted by Crippen LogP contribution is 2.30. The smallest absolute Gasteiger partial charge is 0.225 e. The van der Waals surface area contributed by atoms with Crippen LogP contribution in [0.3, 0.4) is 0 Å². The number of piperidine rings is 1. The quantitative estimate of drug-likeness (QED) is 0.663. The van der Waals surface area contributed by atoms with Gasteiger partial charge in [0.15, 0.2) is 5.78 Å². The molecule has 0 saturated carbocycles. The zero-order chi connectivity index (χ0) is 15.5. The Balaban J connectivity index is 1.75. The van der Waals surface area contributed by atoms with Gasteiger partial charge in [0, 0.05) is 25.9 Å². The zero-order valence-corrected chi connectivity index (χ0v) is 12.9. The van der Waals surface area contributed by atoms with Crippen LogP contribution < -0.4 is 4.90 Å². The van der Waals surface area contributed by atoms with Gasteiger partial charge in [-0.25, -0.2) is 9.97 Å².